The number of allylic oxidation sites excluding steroid dienone is 1. The van der Waals surface area contributed by atoms with E-state index in [1.165, 1.54) is 6.08 Å². The summed E-state index contributed by atoms with van der Waals surface area (Å²) in [7, 11) is 0. The zero-order chi connectivity index (χ0) is 14.8. The van der Waals surface area contributed by atoms with Gasteiger partial charge in [-0.25, -0.2) is 0 Å². The standard InChI is InChI=1S/C16H19NO3/c1-4-5-15(19)17-10-11-6-7-14-12(8-11)13(18)9-16(2,3)20-14/h4-8H,9-10H2,1-3H3,(H,17,19)/b5-4+. The molecule has 0 saturated heterocycles. The number of rotatable bonds is 3. The first-order valence-electron chi connectivity index (χ1n) is 6.67. The van der Waals surface area contributed by atoms with E-state index in [1.807, 2.05) is 19.9 Å². The maximum Gasteiger partial charge on any atom is 0.243 e. The number of hydrogen-bond donors (Lipinski definition) is 1. The largest absolute Gasteiger partial charge is 0.487 e. The second kappa shape index (κ2) is 5.49. The van der Waals surface area contributed by atoms with Crippen LogP contribution >= 0.6 is 0 Å². The summed E-state index contributed by atoms with van der Waals surface area (Å²) in [4.78, 5) is 23.5. The summed E-state index contributed by atoms with van der Waals surface area (Å²) in [5.41, 5.74) is 1.03. The fourth-order valence-corrected chi connectivity index (χ4v) is 2.21. The molecule has 0 unspecified atom stereocenters. The molecular weight excluding hydrogens is 254 g/mol. The molecule has 1 aromatic carbocycles. The molecule has 1 amide bonds. The van der Waals surface area contributed by atoms with E-state index >= 15 is 0 Å². The molecule has 1 aliphatic rings. The molecule has 0 fully saturated rings. The van der Waals surface area contributed by atoms with E-state index in [1.54, 1.807) is 25.1 Å². The lowest BCUT2D eigenvalue weighted by Gasteiger charge is -2.31. The highest BCUT2D eigenvalue weighted by atomic mass is 16.5. The predicted octanol–water partition coefficient (Wildman–Crippen LogP) is 2.62. The van der Waals surface area contributed by atoms with Gasteiger partial charge < -0.3 is 10.1 Å². The molecule has 2 rings (SSSR count). The number of carbonyl (C=O) groups is 2. The summed E-state index contributed by atoms with van der Waals surface area (Å²) in [6.45, 7) is 5.99. The second-order valence-electron chi connectivity index (χ2n) is 5.51. The number of hydrogen-bond acceptors (Lipinski definition) is 3. The molecule has 4 heteroatoms. The Hall–Kier alpha value is -2.10. The van der Waals surface area contributed by atoms with Gasteiger partial charge in [-0.2, -0.15) is 0 Å². The van der Waals surface area contributed by atoms with Crippen LogP contribution in [0.2, 0.25) is 0 Å². The van der Waals surface area contributed by atoms with Gasteiger partial charge in [0.05, 0.1) is 12.0 Å². The van der Waals surface area contributed by atoms with E-state index in [0.717, 1.165) is 5.56 Å². The van der Waals surface area contributed by atoms with E-state index < -0.39 is 5.60 Å². The normalized spacial score (nSPS) is 16.6. The van der Waals surface area contributed by atoms with Crippen molar-refractivity contribution in [2.24, 2.45) is 0 Å². The minimum atomic E-state index is -0.453. The maximum absolute atomic E-state index is 12.1. The molecule has 0 spiro atoms. The summed E-state index contributed by atoms with van der Waals surface area (Å²) >= 11 is 0. The Morgan fingerprint density at radius 1 is 1.45 bits per heavy atom. The first-order valence-corrected chi connectivity index (χ1v) is 6.67. The number of benzene rings is 1. The number of amides is 1. The average Bonchev–Trinajstić information content (AvgIpc) is 2.36. The highest BCUT2D eigenvalue weighted by Crippen LogP contribution is 2.33. The predicted molar refractivity (Wildman–Crippen MR) is 76.8 cm³/mol. The van der Waals surface area contributed by atoms with E-state index in [4.69, 9.17) is 4.74 Å². The summed E-state index contributed by atoms with van der Waals surface area (Å²) in [6, 6.07) is 5.46. The molecule has 1 aliphatic heterocycles. The molecule has 20 heavy (non-hydrogen) atoms. The van der Waals surface area contributed by atoms with Gasteiger partial charge in [0, 0.05) is 6.54 Å². The van der Waals surface area contributed by atoms with Crippen LogP contribution in [-0.2, 0) is 11.3 Å². The van der Waals surface area contributed by atoms with Gasteiger partial charge in [0.25, 0.3) is 0 Å². The Balaban J connectivity index is 2.14. The van der Waals surface area contributed by atoms with Crippen LogP contribution in [0.4, 0.5) is 0 Å². The summed E-state index contributed by atoms with van der Waals surface area (Å²) in [5.74, 6) is 0.557. The van der Waals surface area contributed by atoms with Gasteiger partial charge in [-0.15, -0.1) is 0 Å². The van der Waals surface area contributed by atoms with Crippen molar-refractivity contribution in [2.45, 2.75) is 39.3 Å². The lowest BCUT2D eigenvalue weighted by molar-refractivity contribution is -0.116. The molecule has 106 valence electrons. The number of carbonyl (C=O) groups excluding carboxylic acids is 2. The minimum Gasteiger partial charge on any atom is -0.487 e. The van der Waals surface area contributed by atoms with Gasteiger partial charge in [0.2, 0.25) is 5.91 Å². The second-order valence-corrected chi connectivity index (χ2v) is 5.51. The quantitative estimate of drug-likeness (QED) is 0.861. The Bertz CT molecular complexity index is 573. The molecular formula is C16H19NO3. The molecule has 0 atom stereocenters. The molecule has 0 radical (unpaired) electrons. The van der Waals surface area contributed by atoms with Crippen LogP contribution in [-0.4, -0.2) is 17.3 Å². The minimum absolute atomic E-state index is 0.0814. The lowest BCUT2D eigenvalue weighted by atomic mass is 9.92. The molecule has 0 bridgehead atoms. The van der Waals surface area contributed by atoms with Crippen LogP contribution in [0, 0.1) is 0 Å². The zero-order valence-electron chi connectivity index (χ0n) is 12.0. The van der Waals surface area contributed by atoms with Crippen molar-refractivity contribution >= 4 is 11.7 Å². The number of ether oxygens (including phenoxy) is 1. The molecule has 0 saturated carbocycles. The van der Waals surface area contributed by atoms with Crippen molar-refractivity contribution in [1.82, 2.24) is 5.32 Å². The number of Topliss-reactive ketones (excluding diaryl/α,β-unsaturated/α-hetero) is 1. The highest BCUT2D eigenvalue weighted by Gasteiger charge is 2.32. The summed E-state index contributed by atoms with van der Waals surface area (Å²) in [5, 5.41) is 2.76. The first kappa shape index (κ1) is 14.3. The van der Waals surface area contributed by atoms with Gasteiger partial charge in [0.15, 0.2) is 5.78 Å². The third-order valence-corrected chi connectivity index (χ3v) is 3.10. The van der Waals surface area contributed by atoms with E-state index in [2.05, 4.69) is 5.32 Å². The summed E-state index contributed by atoms with van der Waals surface area (Å²) in [6.07, 6.45) is 3.52. The van der Waals surface area contributed by atoms with Gasteiger partial charge in [0.1, 0.15) is 11.4 Å². The third kappa shape index (κ3) is 3.26. The van der Waals surface area contributed by atoms with Gasteiger partial charge in [-0.05, 0) is 44.5 Å². The fourth-order valence-electron chi connectivity index (χ4n) is 2.21. The van der Waals surface area contributed by atoms with Crippen LogP contribution in [0.5, 0.6) is 5.75 Å². The average molecular weight is 273 g/mol. The zero-order valence-corrected chi connectivity index (χ0v) is 12.0. The Kier molecular flexibility index (Phi) is 3.93. The van der Waals surface area contributed by atoms with Crippen molar-refractivity contribution in [2.75, 3.05) is 0 Å². The lowest BCUT2D eigenvalue weighted by Crippen LogP contribution is -2.36. The highest BCUT2D eigenvalue weighted by molar-refractivity contribution is 6.00. The van der Waals surface area contributed by atoms with Crippen LogP contribution < -0.4 is 10.1 Å². The molecule has 1 N–H and O–H groups in total. The van der Waals surface area contributed by atoms with E-state index in [0.29, 0.717) is 24.3 Å². The molecule has 1 heterocycles. The van der Waals surface area contributed by atoms with Crippen molar-refractivity contribution < 1.29 is 14.3 Å². The maximum atomic E-state index is 12.1. The Morgan fingerprint density at radius 3 is 2.90 bits per heavy atom. The molecule has 1 aromatic rings. The van der Waals surface area contributed by atoms with Crippen molar-refractivity contribution in [3.63, 3.8) is 0 Å². The smallest absolute Gasteiger partial charge is 0.243 e. The van der Waals surface area contributed by atoms with Gasteiger partial charge in [-0.1, -0.05) is 12.1 Å². The van der Waals surface area contributed by atoms with Crippen LogP contribution in [0.1, 0.15) is 43.1 Å². The van der Waals surface area contributed by atoms with Gasteiger partial charge in [-0.3, -0.25) is 9.59 Å². The van der Waals surface area contributed by atoms with Crippen LogP contribution in [0.15, 0.2) is 30.4 Å². The topological polar surface area (TPSA) is 55.4 Å². The Labute approximate surface area is 118 Å². The summed E-state index contributed by atoms with van der Waals surface area (Å²) < 4.78 is 5.79. The molecule has 0 aromatic heterocycles. The first-order chi connectivity index (χ1) is 9.41. The molecule has 0 aliphatic carbocycles. The van der Waals surface area contributed by atoms with E-state index in [9.17, 15) is 9.59 Å². The monoisotopic (exact) mass is 273 g/mol. The number of nitrogens with one attached hydrogen (secondary N) is 1. The van der Waals surface area contributed by atoms with Crippen molar-refractivity contribution in [1.29, 1.82) is 0 Å². The van der Waals surface area contributed by atoms with E-state index in [-0.39, 0.29) is 11.7 Å². The Morgan fingerprint density at radius 2 is 2.20 bits per heavy atom. The van der Waals surface area contributed by atoms with Crippen LogP contribution in [0.3, 0.4) is 0 Å². The van der Waals surface area contributed by atoms with Crippen molar-refractivity contribution in [3.8, 4) is 5.75 Å². The van der Waals surface area contributed by atoms with Crippen LogP contribution in [0.25, 0.3) is 0 Å². The SMILES string of the molecule is C/C=C/C(=O)NCc1ccc2c(c1)C(=O)CC(C)(C)O2. The fraction of sp³-hybridized carbons (Fsp3) is 0.375. The van der Waals surface area contributed by atoms with Gasteiger partial charge >= 0.3 is 0 Å². The van der Waals surface area contributed by atoms with Crippen molar-refractivity contribution in [3.05, 3.63) is 41.5 Å². The third-order valence-electron chi connectivity index (χ3n) is 3.10. The number of fused-ring (bicyclic) bond motifs is 1. The molecule has 4 nitrogen and oxygen atoms in total. The number of ketones is 1.